The van der Waals surface area contributed by atoms with Crippen molar-refractivity contribution in [3.8, 4) is 0 Å². The number of nitroso groups, excluding NO2 is 1. The molecular weight excluding hydrogens is 200 g/mol. The molecule has 0 aliphatic carbocycles. The summed E-state index contributed by atoms with van der Waals surface area (Å²) in [6.07, 6.45) is 1.83. The van der Waals surface area contributed by atoms with Crippen LogP contribution in [-0.2, 0) is 0 Å². The minimum Gasteiger partial charge on any atom is -0.369 e. The molecule has 0 aliphatic rings. The van der Waals surface area contributed by atoms with Crippen LogP contribution in [0.1, 0.15) is 19.8 Å². The van der Waals surface area contributed by atoms with Gasteiger partial charge in [0.05, 0.1) is 0 Å². The molecule has 0 radical (unpaired) electrons. The highest BCUT2D eigenvalue weighted by Crippen LogP contribution is 2.13. The first kappa shape index (κ1) is 11.2. The summed E-state index contributed by atoms with van der Waals surface area (Å²) in [5.41, 5.74) is -1.77. The van der Waals surface area contributed by atoms with E-state index in [1.54, 1.807) is 0 Å². The van der Waals surface area contributed by atoms with Gasteiger partial charge in [0, 0.05) is 6.54 Å². The molecule has 15 heavy (non-hydrogen) atoms. The van der Waals surface area contributed by atoms with Crippen LogP contribution < -0.4 is 16.6 Å². The fourth-order valence-electron chi connectivity index (χ4n) is 1.09. The molecule has 7 nitrogen and oxygen atoms in total. The van der Waals surface area contributed by atoms with Gasteiger partial charge in [-0.05, 0) is 11.6 Å². The van der Waals surface area contributed by atoms with Crippen molar-refractivity contribution in [1.29, 1.82) is 0 Å². The molecule has 0 amide bonds. The topological polar surface area (TPSA) is 107 Å². The Bertz CT molecular complexity index is 448. The van der Waals surface area contributed by atoms with Crippen molar-refractivity contribution in [3.05, 3.63) is 25.7 Å². The summed E-state index contributed by atoms with van der Waals surface area (Å²) in [4.78, 5) is 36.6. The van der Waals surface area contributed by atoms with E-state index in [1.165, 1.54) is 0 Å². The summed E-state index contributed by atoms with van der Waals surface area (Å²) in [5.74, 6) is 0.0761. The van der Waals surface area contributed by atoms with E-state index >= 15 is 0 Å². The van der Waals surface area contributed by atoms with Crippen molar-refractivity contribution in [1.82, 2.24) is 9.97 Å². The largest absolute Gasteiger partial charge is 0.369 e. The lowest BCUT2D eigenvalue weighted by Crippen LogP contribution is -2.24. The molecule has 0 aliphatic heterocycles. The van der Waals surface area contributed by atoms with Crippen LogP contribution in [0.15, 0.2) is 14.8 Å². The minimum absolute atomic E-state index is 0.0761. The SMILES string of the molecule is CCCCNc1[nH]c(=O)[nH]c(=O)c1N=O. The summed E-state index contributed by atoms with van der Waals surface area (Å²) in [5, 5.41) is 5.34. The van der Waals surface area contributed by atoms with Crippen LogP contribution in [0.4, 0.5) is 11.5 Å². The number of H-pyrrole nitrogens is 2. The normalized spacial score (nSPS) is 9.93. The van der Waals surface area contributed by atoms with E-state index in [2.05, 4.69) is 15.5 Å². The van der Waals surface area contributed by atoms with E-state index in [-0.39, 0.29) is 11.5 Å². The maximum absolute atomic E-state index is 11.1. The zero-order valence-electron chi connectivity index (χ0n) is 8.29. The summed E-state index contributed by atoms with van der Waals surface area (Å²) in [6, 6.07) is 0. The zero-order chi connectivity index (χ0) is 11.3. The van der Waals surface area contributed by atoms with E-state index in [0.717, 1.165) is 12.8 Å². The molecule has 1 heterocycles. The van der Waals surface area contributed by atoms with Gasteiger partial charge in [0.25, 0.3) is 5.56 Å². The molecule has 82 valence electrons. The maximum Gasteiger partial charge on any atom is 0.327 e. The number of hydrogen-bond donors (Lipinski definition) is 3. The molecule has 1 aromatic heterocycles. The summed E-state index contributed by atoms with van der Waals surface area (Å²) in [6.45, 7) is 2.57. The van der Waals surface area contributed by atoms with Gasteiger partial charge < -0.3 is 5.32 Å². The minimum atomic E-state index is -0.784. The Hall–Kier alpha value is -1.92. The molecule has 0 unspecified atom stereocenters. The van der Waals surface area contributed by atoms with Crippen molar-refractivity contribution in [2.45, 2.75) is 19.8 Å². The molecule has 0 saturated heterocycles. The van der Waals surface area contributed by atoms with Gasteiger partial charge in [0.15, 0.2) is 0 Å². The average Bonchev–Trinajstić information content (AvgIpc) is 2.17. The Labute approximate surface area is 84.9 Å². The number of aromatic amines is 2. The first-order valence-electron chi connectivity index (χ1n) is 4.63. The van der Waals surface area contributed by atoms with Crippen molar-refractivity contribution in [3.63, 3.8) is 0 Å². The van der Waals surface area contributed by atoms with Crippen LogP contribution in [0, 0.1) is 4.91 Å². The van der Waals surface area contributed by atoms with Crippen LogP contribution in [0.2, 0.25) is 0 Å². The Morgan fingerprint density at radius 2 is 2.07 bits per heavy atom. The van der Waals surface area contributed by atoms with E-state index in [4.69, 9.17) is 0 Å². The van der Waals surface area contributed by atoms with E-state index in [1.807, 2.05) is 11.9 Å². The molecule has 0 spiro atoms. The summed E-state index contributed by atoms with van der Waals surface area (Å²) < 4.78 is 0. The first-order chi connectivity index (χ1) is 7.19. The van der Waals surface area contributed by atoms with E-state index in [9.17, 15) is 14.5 Å². The maximum atomic E-state index is 11.1. The smallest absolute Gasteiger partial charge is 0.327 e. The number of nitrogens with zero attached hydrogens (tertiary/aromatic N) is 1. The molecule has 1 rings (SSSR count). The number of rotatable bonds is 5. The monoisotopic (exact) mass is 212 g/mol. The van der Waals surface area contributed by atoms with Crippen molar-refractivity contribution < 1.29 is 0 Å². The molecule has 0 atom stereocenters. The van der Waals surface area contributed by atoms with E-state index < -0.39 is 11.2 Å². The van der Waals surface area contributed by atoms with Crippen LogP contribution >= 0.6 is 0 Å². The Morgan fingerprint density at radius 1 is 1.33 bits per heavy atom. The van der Waals surface area contributed by atoms with Gasteiger partial charge in [0.1, 0.15) is 5.82 Å². The van der Waals surface area contributed by atoms with Gasteiger partial charge in [-0.25, -0.2) is 4.79 Å². The van der Waals surface area contributed by atoms with Gasteiger partial charge >= 0.3 is 5.69 Å². The van der Waals surface area contributed by atoms with Crippen molar-refractivity contribution in [2.24, 2.45) is 5.18 Å². The number of anilines is 1. The van der Waals surface area contributed by atoms with Crippen LogP contribution in [0.3, 0.4) is 0 Å². The lowest BCUT2D eigenvalue weighted by atomic mass is 10.3. The molecule has 0 fully saturated rings. The third-order valence-electron chi connectivity index (χ3n) is 1.84. The number of unbranched alkanes of at least 4 members (excludes halogenated alkanes) is 1. The van der Waals surface area contributed by atoms with E-state index in [0.29, 0.717) is 6.54 Å². The molecule has 1 aromatic rings. The van der Waals surface area contributed by atoms with Crippen LogP contribution in [-0.4, -0.2) is 16.5 Å². The standard InChI is InChI=1S/C8H12N4O3/c1-2-3-4-9-6-5(12-15)7(13)11-8(14)10-6/h2-4H2,1H3,(H3,9,10,11,13,14). The molecule has 3 N–H and O–H groups in total. The quantitative estimate of drug-likeness (QED) is 0.492. The Morgan fingerprint density at radius 3 is 2.67 bits per heavy atom. The molecule has 0 saturated carbocycles. The third kappa shape index (κ3) is 2.76. The first-order valence-corrected chi connectivity index (χ1v) is 4.63. The number of nitrogens with one attached hydrogen (secondary N) is 3. The summed E-state index contributed by atoms with van der Waals surface area (Å²) in [7, 11) is 0. The number of hydrogen-bond acceptors (Lipinski definition) is 5. The number of aromatic nitrogens is 2. The Balaban J connectivity index is 2.99. The van der Waals surface area contributed by atoms with Crippen molar-refractivity contribution in [2.75, 3.05) is 11.9 Å². The molecule has 0 aromatic carbocycles. The predicted octanol–water partition coefficient (Wildman–Crippen LogP) is 0.673. The Kier molecular flexibility index (Phi) is 3.78. The summed E-state index contributed by atoms with van der Waals surface area (Å²) >= 11 is 0. The highest BCUT2D eigenvalue weighted by molar-refractivity contribution is 5.57. The van der Waals surface area contributed by atoms with Gasteiger partial charge in [-0.2, -0.15) is 0 Å². The van der Waals surface area contributed by atoms with Gasteiger partial charge in [-0.15, -0.1) is 4.91 Å². The highest BCUT2D eigenvalue weighted by atomic mass is 16.3. The predicted molar refractivity (Wildman–Crippen MR) is 56.5 cm³/mol. The molecular formula is C8H12N4O3. The third-order valence-corrected chi connectivity index (χ3v) is 1.84. The highest BCUT2D eigenvalue weighted by Gasteiger charge is 2.08. The van der Waals surface area contributed by atoms with Gasteiger partial charge in [0.2, 0.25) is 5.69 Å². The fourth-order valence-corrected chi connectivity index (χ4v) is 1.09. The second-order valence-corrected chi connectivity index (χ2v) is 3.00. The fraction of sp³-hybridized carbons (Fsp3) is 0.500. The van der Waals surface area contributed by atoms with Gasteiger partial charge in [-0.1, -0.05) is 13.3 Å². The molecule has 7 heteroatoms. The average molecular weight is 212 g/mol. The van der Waals surface area contributed by atoms with Crippen molar-refractivity contribution >= 4 is 11.5 Å². The van der Waals surface area contributed by atoms with Gasteiger partial charge in [-0.3, -0.25) is 14.8 Å². The second kappa shape index (κ2) is 5.08. The zero-order valence-corrected chi connectivity index (χ0v) is 8.29. The molecule has 0 bridgehead atoms. The second-order valence-electron chi connectivity index (χ2n) is 3.00. The van der Waals surface area contributed by atoms with Crippen LogP contribution in [0.25, 0.3) is 0 Å². The van der Waals surface area contributed by atoms with Crippen LogP contribution in [0.5, 0.6) is 0 Å². The lowest BCUT2D eigenvalue weighted by Gasteiger charge is -2.04. The lowest BCUT2D eigenvalue weighted by molar-refractivity contribution is 0.828.